The first-order chi connectivity index (χ1) is 17.0. The van der Waals surface area contributed by atoms with Gasteiger partial charge in [-0.25, -0.2) is 24.4 Å². The van der Waals surface area contributed by atoms with Gasteiger partial charge >= 0.3 is 18.0 Å². The Morgan fingerprint density at radius 3 is 2.46 bits per heavy atom. The summed E-state index contributed by atoms with van der Waals surface area (Å²) >= 11 is 0. The third-order valence-corrected chi connectivity index (χ3v) is 5.25. The summed E-state index contributed by atoms with van der Waals surface area (Å²) in [6, 6.07) is 17.0. The molecule has 0 spiro atoms. The Hall–Kier alpha value is -4.73. The highest BCUT2D eigenvalue weighted by Gasteiger charge is 2.18. The molecule has 35 heavy (non-hydrogen) atoms. The molecule has 2 aromatic carbocycles. The molecule has 0 unspecified atom stereocenters. The molecule has 0 radical (unpaired) electrons. The van der Waals surface area contributed by atoms with Crippen LogP contribution in [0.4, 0.5) is 10.5 Å². The van der Waals surface area contributed by atoms with Crippen LogP contribution in [0, 0.1) is 0 Å². The molecule has 0 saturated heterocycles. The zero-order valence-corrected chi connectivity index (χ0v) is 19.1. The van der Waals surface area contributed by atoms with E-state index in [0.29, 0.717) is 12.2 Å². The maximum atomic E-state index is 12.6. The highest BCUT2D eigenvalue weighted by molar-refractivity contribution is 6.03. The topological polar surface area (TPSA) is 124 Å². The van der Waals surface area contributed by atoms with Gasteiger partial charge in [0.2, 0.25) is 0 Å². The lowest BCUT2D eigenvalue weighted by Gasteiger charge is -2.13. The summed E-state index contributed by atoms with van der Waals surface area (Å²) in [5.41, 5.74) is 2.78. The summed E-state index contributed by atoms with van der Waals surface area (Å²) in [5, 5.41) is 5.37. The molecule has 2 heterocycles. The van der Waals surface area contributed by atoms with Crippen molar-refractivity contribution in [2.24, 2.45) is 0 Å². The van der Waals surface area contributed by atoms with Crippen LogP contribution in [0.3, 0.4) is 0 Å². The number of pyridine rings is 1. The molecule has 2 amide bonds. The highest BCUT2D eigenvalue weighted by atomic mass is 16.5. The number of rotatable bonds is 7. The quantitative estimate of drug-likeness (QED) is 0.394. The van der Waals surface area contributed by atoms with Gasteiger partial charge in [-0.1, -0.05) is 30.3 Å². The van der Waals surface area contributed by atoms with Gasteiger partial charge in [-0.15, -0.1) is 0 Å². The second kappa shape index (κ2) is 10.5. The second-order valence-electron chi connectivity index (χ2n) is 7.42. The normalized spacial score (nSPS) is 10.6. The van der Waals surface area contributed by atoms with Gasteiger partial charge in [-0.3, -0.25) is 0 Å². The van der Waals surface area contributed by atoms with Gasteiger partial charge < -0.3 is 24.7 Å². The number of aromatic nitrogens is 3. The number of methoxy groups -OCH3 is 2. The molecule has 0 aliphatic rings. The molecule has 0 fully saturated rings. The van der Waals surface area contributed by atoms with E-state index in [2.05, 4.69) is 15.6 Å². The average Bonchev–Trinajstić information content (AvgIpc) is 3.26. The zero-order chi connectivity index (χ0) is 24.8. The van der Waals surface area contributed by atoms with Crippen LogP contribution >= 0.6 is 0 Å². The van der Waals surface area contributed by atoms with E-state index in [1.807, 2.05) is 47.0 Å². The van der Waals surface area contributed by atoms with Crippen LogP contribution in [0.2, 0.25) is 0 Å². The minimum absolute atomic E-state index is 0.103. The lowest BCUT2D eigenvalue weighted by Crippen LogP contribution is -2.32. The maximum Gasteiger partial charge on any atom is 0.339 e. The number of nitrogens with zero attached hydrogens (tertiary/aromatic N) is 3. The Kier molecular flexibility index (Phi) is 7.01. The van der Waals surface area contributed by atoms with Crippen LogP contribution in [0.25, 0.3) is 22.6 Å². The first-order valence-corrected chi connectivity index (χ1v) is 10.7. The fourth-order valence-electron chi connectivity index (χ4n) is 3.61. The van der Waals surface area contributed by atoms with Crippen LogP contribution in [-0.4, -0.2) is 53.3 Å². The summed E-state index contributed by atoms with van der Waals surface area (Å²) < 4.78 is 11.4. The summed E-state index contributed by atoms with van der Waals surface area (Å²) in [7, 11) is 2.48. The largest absolute Gasteiger partial charge is 0.465 e. The predicted molar refractivity (Wildman–Crippen MR) is 129 cm³/mol. The van der Waals surface area contributed by atoms with Gasteiger partial charge in [0.25, 0.3) is 0 Å². The maximum absolute atomic E-state index is 12.6. The van der Waals surface area contributed by atoms with E-state index in [-0.39, 0.29) is 23.4 Å². The predicted octanol–water partition coefficient (Wildman–Crippen LogP) is 3.49. The molecule has 10 nitrogen and oxygen atoms in total. The molecule has 4 rings (SSSR count). The minimum atomic E-state index is -0.653. The number of benzene rings is 2. The smallest absolute Gasteiger partial charge is 0.339 e. The van der Waals surface area contributed by atoms with E-state index in [4.69, 9.17) is 14.5 Å². The van der Waals surface area contributed by atoms with Crippen LogP contribution < -0.4 is 10.6 Å². The van der Waals surface area contributed by atoms with E-state index in [1.54, 1.807) is 6.20 Å². The van der Waals surface area contributed by atoms with Gasteiger partial charge in [0, 0.05) is 24.8 Å². The van der Waals surface area contributed by atoms with Gasteiger partial charge in [0.1, 0.15) is 11.3 Å². The molecular formula is C25H23N5O5. The number of anilines is 1. The van der Waals surface area contributed by atoms with Crippen molar-refractivity contribution in [1.29, 1.82) is 0 Å². The van der Waals surface area contributed by atoms with Crippen molar-refractivity contribution in [3.05, 3.63) is 78.0 Å². The number of ether oxygens (including phenoxy) is 2. The van der Waals surface area contributed by atoms with Gasteiger partial charge in [0.15, 0.2) is 5.65 Å². The molecule has 4 aromatic rings. The fraction of sp³-hybridized carbons (Fsp3) is 0.160. The number of urea groups is 1. The van der Waals surface area contributed by atoms with E-state index < -0.39 is 18.0 Å². The SMILES string of the molecule is COC(=O)c1ccc(C(=O)OC)c(NC(=O)NCCn2c(-c3ccccc3)nc3cccnc32)c1. The summed E-state index contributed by atoms with van der Waals surface area (Å²) in [6.07, 6.45) is 1.69. The lowest BCUT2D eigenvalue weighted by molar-refractivity contribution is 0.0587. The standard InChI is InChI=1S/C25H23N5O5/c1-34-23(31)17-10-11-18(24(32)35-2)20(15-17)29-25(33)27-13-14-30-21(16-7-4-3-5-8-16)28-19-9-6-12-26-22(19)30/h3-12,15H,13-14H2,1-2H3,(H2,27,29,33). The summed E-state index contributed by atoms with van der Waals surface area (Å²) in [4.78, 5) is 45.8. The van der Waals surface area contributed by atoms with Crippen molar-refractivity contribution in [2.75, 3.05) is 26.1 Å². The number of nitrogens with one attached hydrogen (secondary N) is 2. The molecule has 0 saturated carbocycles. The Morgan fingerprint density at radius 2 is 1.71 bits per heavy atom. The van der Waals surface area contributed by atoms with Crippen molar-refractivity contribution in [3.8, 4) is 11.4 Å². The molecule has 10 heteroatoms. The number of esters is 2. The number of hydrogen-bond donors (Lipinski definition) is 2. The van der Waals surface area contributed by atoms with E-state index in [0.717, 1.165) is 16.9 Å². The molecule has 0 aliphatic carbocycles. The Labute approximate surface area is 200 Å². The van der Waals surface area contributed by atoms with Crippen molar-refractivity contribution in [1.82, 2.24) is 19.9 Å². The van der Waals surface area contributed by atoms with Gasteiger partial charge in [-0.05, 0) is 30.3 Å². The third kappa shape index (κ3) is 5.11. The van der Waals surface area contributed by atoms with E-state index in [9.17, 15) is 14.4 Å². The van der Waals surface area contributed by atoms with E-state index >= 15 is 0 Å². The molecule has 0 aliphatic heterocycles. The number of carbonyl (C=O) groups excluding carboxylic acids is 3. The molecule has 0 bridgehead atoms. The Morgan fingerprint density at radius 1 is 0.943 bits per heavy atom. The number of amides is 2. The number of hydrogen-bond acceptors (Lipinski definition) is 7. The zero-order valence-electron chi connectivity index (χ0n) is 19.1. The highest BCUT2D eigenvalue weighted by Crippen LogP contribution is 2.23. The van der Waals surface area contributed by atoms with Crippen LogP contribution in [0.15, 0.2) is 66.9 Å². The lowest BCUT2D eigenvalue weighted by atomic mass is 10.1. The fourth-order valence-corrected chi connectivity index (χ4v) is 3.61. The first kappa shape index (κ1) is 23.4. The Balaban J connectivity index is 1.51. The molecule has 178 valence electrons. The van der Waals surface area contributed by atoms with Gasteiger partial charge in [0.05, 0.1) is 31.0 Å². The van der Waals surface area contributed by atoms with Crippen molar-refractivity contribution < 1.29 is 23.9 Å². The summed E-state index contributed by atoms with van der Waals surface area (Å²) in [5.74, 6) is -0.516. The van der Waals surface area contributed by atoms with Crippen LogP contribution in [0.1, 0.15) is 20.7 Å². The molecular weight excluding hydrogens is 450 g/mol. The minimum Gasteiger partial charge on any atom is -0.465 e. The monoisotopic (exact) mass is 473 g/mol. The third-order valence-electron chi connectivity index (χ3n) is 5.25. The number of imidazole rings is 1. The van der Waals surface area contributed by atoms with Crippen molar-refractivity contribution in [3.63, 3.8) is 0 Å². The molecule has 0 atom stereocenters. The van der Waals surface area contributed by atoms with E-state index in [1.165, 1.54) is 32.4 Å². The second-order valence-corrected chi connectivity index (χ2v) is 7.42. The Bertz CT molecular complexity index is 1380. The van der Waals surface area contributed by atoms with Crippen LogP contribution in [-0.2, 0) is 16.0 Å². The van der Waals surface area contributed by atoms with Crippen molar-refractivity contribution >= 4 is 34.8 Å². The number of fused-ring (bicyclic) bond motifs is 1. The molecule has 2 N–H and O–H groups in total. The average molecular weight is 473 g/mol. The molecule has 2 aromatic heterocycles. The first-order valence-electron chi connectivity index (χ1n) is 10.7. The van der Waals surface area contributed by atoms with Crippen molar-refractivity contribution in [2.45, 2.75) is 6.54 Å². The number of carbonyl (C=O) groups is 3. The van der Waals surface area contributed by atoms with Gasteiger partial charge in [-0.2, -0.15) is 0 Å². The van der Waals surface area contributed by atoms with Crippen LogP contribution in [0.5, 0.6) is 0 Å². The summed E-state index contributed by atoms with van der Waals surface area (Å²) in [6.45, 7) is 0.648.